The fourth-order valence-electron chi connectivity index (χ4n) is 3.45. The summed E-state index contributed by atoms with van der Waals surface area (Å²) in [5, 5.41) is 4.39. The molecular formula is C19H22FN5O. The molecule has 0 spiro atoms. The molecule has 0 atom stereocenters. The van der Waals surface area contributed by atoms with Gasteiger partial charge in [0.05, 0.1) is 13.3 Å². The van der Waals surface area contributed by atoms with Gasteiger partial charge in [-0.25, -0.2) is 9.37 Å². The Morgan fingerprint density at radius 2 is 1.92 bits per heavy atom. The van der Waals surface area contributed by atoms with Gasteiger partial charge in [0.15, 0.2) is 17.2 Å². The van der Waals surface area contributed by atoms with Crippen molar-refractivity contribution < 1.29 is 9.13 Å². The molecule has 1 saturated heterocycles. The minimum atomic E-state index is -0.308. The van der Waals surface area contributed by atoms with E-state index in [9.17, 15) is 4.39 Å². The van der Waals surface area contributed by atoms with Crippen LogP contribution in [0.1, 0.15) is 11.3 Å². The molecule has 3 heterocycles. The fraction of sp³-hybridized carbons (Fsp3) is 0.368. The van der Waals surface area contributed by atoms with E-state index >= 15 is 0 Å². The summed E-state index contributed by atoms with van der Waals surface area (Å²) in [6, 6.07) is 9.17. The van der Waals surface area contributed by atoms with E-state index in [1.54, 1.807) is 18.3 Å². The number of nitrogens with zero attached hydrogens (tertiary/aromatic N) is 5. The van der Waals surface area contributed by atoms with Crippen molar-refractivity contribution in [1.82, 2.24) is 19.5 Å². The van der Waals surface area contributed by atoms with Crippen LogP contribution < -0.4 is 9.64 Å². The van der Waals surface area contributed by atoms with Crippen molar-refractivity contribution in [2.75, 3.05) is 38.2 Å². The third-order valence-corrected chi connectivity index (χ3v) is 4.79. The number of hydrogen-bond donors (Lipinski definition) is 0. The standard InChI is InChI=1S/C19H22FN5O/c1-14-11-19(25-18(22-14)5-6-21-25)24-9-7-23(8-10-24)13-15-3-4-17(26-2)16(20)12-15/h3-6,11-12H,7-10,13H2,1-2H3. The molecule has 0 saturated carbocycles. The molecule has 4 rings (SSSR count). The Labute approximate surface area is 151 Å². The number of hydrogen-bond acceptors (Lipinski definition) is 5. The molecule has 136 valence electrons. The first kappa shape index (κ1) is 16.8. The number of rotatable bonds is 4. The Bertz CT molecular complexity index is 917. The van der Waals surface area contributed by atoms with Gasteiger partial charge in [0.2, 0.25) is 0 Å². The molecule has 1 fully saturated rings. The lowest BCUT2D eigenvalue weighted by Gasteiger charge is -2.36. The Balaban J connectivity index is 1.44. The van der Waals surface area contributed by atoms with Crippen molar-refractivity contribution in [2.24, 2.45) is 0 Å². The van der Waals surface area contributed by atoms with E-state index < -0.39 is 0 Å². The molecule has 1 aliphatic heterocycles. The van der Waals surface area contributed by atoms with E-state index in [-0.39, 0.29) is 11.6 Å². The Morgan fingerprint density at radius 1 is 1.12 bits per heavy atom. The Morgan fingerprint density at radius 3 is 2.65 bits per heavy atom. The van der Waals surface area contributed by atoms with Crippen molar-refractivity contribution in [3.63, 3.8) is 0 Å². The van der Waals surface area contributed by atoms with Crippen molar-refractivity contribution in [2.45, 2.75) is 13.5 Å². The minimum absolute atomic E-state index is 0.287. The smallest absolute Gasteiger partial charge is 0.165 e. The highest BCUT2D eigenvalue weighted by molar-refractivity contribution is 5.51. The lowest BCUT2D eigenvalue weighted by molar-refractivity contribution is 0.248. The van der Waals surface area contributed by atoms with Gasteiger partial charge in [0.25, 0.3) is 0 Å². The van der Waals surface area contributed by atoms with Crippen molar-refractivity contribution in [3.8, 4) is 5.75 Å². The highest BCUT2D eigenvalue weighted by Gasteiger charge is 2.20. The first-order valence-corrected chi connectivity index (χ1v) is 8.75. The molecular weight excluding hydrogens is 333 g/mol. The van der Waals surface area contributed by atoms with Gasteiger partial charge in [0, 0.05) is 50.6 Å². The summed E-state index contributed by atoms with van der Waals surface area (Å²) in [6.45, 7) is 6.37. The van der Waals surface area contributed by atoms with Crippen LogP contribution in [0.4, 0.5) is 10.2 Å². The van der Waals surface area contributed by atoms with E-state index in [2.05, 4.69) is 25.9 Å². The molecule has 0 N–H and O–H groups in total. The van der Waals surface area contributed by atoms with Crippen LogP contribution >= 0.6 is 0 Å². The second-order valence-corrected chi connectivity index (χ2v) is 6.59. The number of halogens is 1. The number of benzene rings is 1. The van der Waals surface area contributed by atoms with Crippen LogP contribution in [0.2, 0.25) is 0 Å². The van der Waals surface area contributed by atoms with Gasteiger partial charge < -0.3 is 9.64 Å². The normalized spacial score (nSPS) is 15.6. The second kappa shape index (κ2) is 6.92. The topological polar surface area (TPSA) is 45.9 Å². The third kappa shape index (κ3) is 3.22. The summed E-state index contributed by atoms with van der Waals surface area (Å²) in [5.74, 6) is 1.06. The molecule has 3 aromatic rings. The number of methoxy groups -OCH3 is 1. The SMILES string of the molecule is COc1ccc(CN2CCN(c3cc(C)nc4ccnn34)CC2)cc1F. The van der Waals surface area contributed by atoms with Crippen LogP contribution in [0.5, 0.6) is 5.75 Å². The quantitative estimate of drug-likeness (QED) is 0.720. The average molecular weight is 355 g/mol. The molecule has 26 heavy (non-hydrogen) atoms. The molecule has 1 aliphatic rings. The molecule has 0 bridgehead atoms. The molecule has 2 aromatic heterocycles. The summed E-state index contributed by atoms with van der Waals surface area (Å²) >= 11 is 0. The number of fused-ring (bicyclic) bond motifs is 1. The predicted octanol–water partition coefficient (Wildman–Crippen LogP) is 2.51. The van der Waals surface area contributed by atoms with Gasteiger partial charge in [0.1, 0.15) is 5.82 Å². The van der Waals surface area contributed by atoms with E-state index in [4.69, 9.17) is 4.74 Å². The molecule has 6 nitrogen and oxygen atoms in total. The second-order valence-electron chi connectivity index (χ2n) is 6.59. The average Bonchev–Trinajstić information content (AvgIpc) is 3.10. The number of aromatic nitrogens is 3. The van der Waals surface area contributed by atoms with Crippen LogP contribution in [0, 0.1) is 12.7 Å². The third-order valence-electron chi connectivity index (χ3n) is 4.79. The van der Waals surface area contributed by atoms with Gasteiger partial charge in [-0.15, -0.1) is 0 Å². The zero-order valence-electron chi connectivity index (χ0n) is 15.0. The van der Waals surface area contributed by atoms with Crippen LogP contribution in [0.25, 0.3) is 5.65 Å². The summed E-state index contributed by atoms with van der Waals surface area (Å²) in [4.78, 5) is 9.17. The Kier molecular flexibility index (Phi) is 4.46. The Hall–Kier alpha value is -2.67. The van der Waals surface area contributed by atoms with E-state index in [1.807, 2.05) is 23.6 Å². The molecule has 0 amide bonds. The molecule has 0 radical (unpaired) electrons. The van der Waals surface area contributed by atoms with Crippen molar-refractivity contribution in [3.05, 3.63) is 53.6 Å². The molecule has 0 aliphatic carbocycles. The maximum atomic E-state index is 13.9. The highest BCUT2D eigenvalue weighted by Crippen LogP contribution is 2.21. The molecule has 1 aromatic carbocycles. The first-order valence-electron chi connectivity index (χ1n) is 8.75. The predicted molar refractivity (Wildman–Crippen MR) is 98.2 cm³/mol. The highest BCUT2D eigenvalue weighted by atomic mass is 19.1. The van der Waals surface area contributed by atoms with Crippen molar-refractivity contribution in [1.29, 1.82) is 0 Å². The molecule has 0 unspecified atom stereocenters. The van der Waals surface area contributed by atoms with Gasteiger partial charge >= 0.3 is 0 Å². The maximum absolute atomic E-state index is 13.9. The molecule has 7 heteroatoms. The number of aryl methyl sites for hydroxylation is 1. The minimum Gasteiger partial charge on any atom is -0.494 e. The van der Waals surface area contributed by atoms with Gasteiger partial charge in [-0.2, -0.15) is 9.61 Å². The number of anilines is 1. The van der Waals surface area contributed by atoms with E-state index in [1.165, 1.54) is 7.11 Å². The van der Waals surface area contributed by atoms with Crippen LogP contribution in [0.3, 0.4) is 0 Å². The van der Waals surface area contributed by atoms with Gasteiger partial charge in [-0.1, -0.05) is 6.07 Å². The summed E-state index contributed by atoms with van der Waals surface area (Å²) in [5.41, 5.74) is 2.83. The maximum Gasteiger partial charge on any atom is 0.165 e. The first-order chi connectivity index (χ1) is 12.6. The van der Waals surface area contributed by atoms with Gasteiger partial charge in [-0.05, 0) is 24.6 Å². The van der Waals surface area contributed by atoms with Crippen LogP contribution in [-0.4, -0.2) is 52.8 Å². The number of piperazine rings is 1. The van der Waals surface area contributed by atoms with Crippen LogP contribution in [0.15, 0.2) is 36.5 Å². The van der Waals surface area contributed by atoms with Crippen LogP contribution in [-0.2, 0) is 6.54 Å². The summed E-state index contributed by atoms with van der Waals surface area (Å²) in [6.07, 6.45) is 1.78. The summed E-state index contributed by atoms with van der Waals surface area (Å²) in [7, 11) is 1.48. The summed E-state index contributed by atoms with van der Waals surface area (Å²) < 4.78 is 20.7. The van der Waals surface area contributed by atoms with E-state index in [0.29, 0.717) is 0 Å². The van der Waals surface area contributed by atoms with E-state index in [0.717, 1.165) is 55.4 Å². The monoisotopic (exact) mass is 355 g/mol. The zero-order chi connectivity index (χ0) is 18.1. The largest absolute Gasteiger partial charge is 0.494 e. The number of ether oxygens (including phenoxy) is 1. The zero-order valence-corrected chi connectivity index (χ0v) is 15.0. The lowest BCUT2D eigenvalue weighted by atomic mass is 10.2. The lowest BCUT2D eigenvalue weighted by Crippen LogP contribution is -2.46. The fourth-order valence-corrected chi connectivity index (χ4v) is 3.45. The van der Waals surface area contributed by atoms with Crippen molar-refractivity contribution >= 4 is 11.5 Å². The van der Waals surface area contributed by atoms with Gasteiger partial charge in [-0.3, -0.25) is 4.90 Å².